The van der Waals surface area contributed by atoms with Gasteiger partial charge in [-0.05, 0) is 42.1 Å². The van der Waals surface area contributed by atoms with Gasteiger partial charge >= 0.3 is 0 Å². The van der Waals surface area contributed by atoms with Crippen LogP contribution in [0.5, 0.6) is 0 Å². The molecule has 1 N–H and O–H groups in total. The minimum atomic E-state index is -0.287. The Morgan fingerprint density at radius 3 is 2.68 bits per heavy atom. The van der Waals surface area contributed by atoms with Gasteiger partial charge in [-0.25, -0.2) is 4.98 Å². The third kappa shape index (κ3) is 4.47. The van der Waals surface area contributed by atoms with E-state index >= 15 is 0 Å². The summed E-state index contributed by atoms with van der Waals surface area (Å²) in [6.07, 6.45) is 1.47. The van der Waals surface area contributed by atoms with Crippen molar-refractivity contribution >= 4 is 40.2 Å². The van der Waals surface area contributed by atoms with E-state index in [9.17, 15) is 9.59 Å². The zero-order valence-electron chi connectivity index (χ0n) is 12.0. The highest BCUT2D eigenvalue weighted by Crippen LogP contribution is 2.24. The van der Waals surface area contributed by atoms with E-state index < -0.39 is 0 Å². The van der Waals surface area contributed by atoms with Gasteiger partial charge < -0.3 is 10.2 Å². The minimum Gasteiger partial charge on any atom is -0.339 e. The highest BCUT2D eigenvalue weighted by molar-refractivity contribution is 8.13. The van der Waals surface area contributed by atoms with Gasteiger partial charge in [0.15, 0.2) is 0 Å². The van der Waals surface area contributed by atoms with Crippen LogP contribution in [0.3, 0.4) is 0 Å². The lowest BCUT2D eigenvalue weighted by molar-refractivity contribution is 0.102. The van der Waals surface area contributed by atoms with Crippen molar-refractivity contribution in [3.8, 4) is 0 Å². The van der Waals surface area contributed by atoms with Crippen LogP contribution in [-0.2, 0) is 0 Å². The fraction of sp³-hybridized carbons (Fsp3) is 0.133. The largest absolute Gasteiger partial charge is 0.339 e. The van der Waals surface area contributed by atoms with Crippen LogP contribution >= 0.6 is 23.4 Å². The Morgan fingerprint density at radius 1 is 1.23 bits per heavy atom. The second kappa shape index (κ2) is 7.29. The summed E-state index contributed by atoms with van der Waals surface area (Å²) in [6.45, 7) is 0. The summed E-state index contributed by atoms with van der Waals surface area (Å²) < 4.78 is 0. The van der Waals surface area contributed by atoms with Crippen LogP contribution in [0.15, 0.2) is 47.5 Å². The number of hydrogen-bond acceptors (Lipinski definition) is 4. The molecule has 114 valence electrons. The van der Waals surface area contributed by atoms with Crippen molar-refractivity contribution in [2.45, 2.75) is 4.90 Å². The molecule has 0 aliphatic heterocycles. The number of anilines is 1. The van der Waals surface area contributed by atoms with E-state index in [2.05, 4.69) is 10.3 Å². The number of rotatable bonds is 3. The summed E-state index contributed by atoms with van der Waals surface area (Å²) in [5.74, 6) is -0.287. The van der Waals surface area contributed by atoms with Gasteiger partial charge in [0.05, 0.1) is 0 Å². The van der Waals surface area contributed by atoms with Crippen molar-refractivity contribution in [3.63, 3.8) is 0 Å². The smallest absolute Gasteiger partial charge is 0.285 e. The molecule has 2 aromatic rings. The molecule has 0 bridgehead atoms. The predicted molar refractivity (Wildman–Crippen MR) is 88.6 cm³/mol. The highest BCUT2D eigenvalue weighted by atomic mass is 35.5. The van der Waals surface area contributed by atoms with Gasteiger partial charge in [-0.15, -0.1) is 0 Å². The number of carbonyl (C=O) groups excluding carboxylic acids is 2. The van der Waals surface area contributed by atoms with Crippen LogP contribution in [0.1, 0.15) is 10.4 Å². The molecular formula is C15H14ClN3O2S. The third-order valence-corrected chi connectivity index (χ3v) is 3.89. The molecule has 0 unspecified atom stereocenters. The van der Waals surface area contributed by atoms with E-state index in [0.717, 1.165) is 16.7 Å². The van der Waals surface area contributed by atoms with Gasteiger partial charge in [0.2, 0.25) is 0 Å². The number of nitrogens with one attached hydrogen (secondary N) is 1. The van der Waals surface area contributed by atoms with E-state index in [0.29, 0.717) is 11.3 Å². The molecule has 2 amide bonds. The first-order valence-corrected chi connectivity index (χ1v) is 7.57. The molecular weight excluding hydrogens is 322 g/mol. The summed E-state index contributed by atoms with van der Waals surface area (Å²) in [5, 5.41) is 2.94. The van der Waals surface area contributed by atoms with Crippen molar-refractivity contribution < 1.29 is 9.59 Å². The summed E-state index contributed by atoms with van der Waals surface area (Å²) in [7, 11) is 3.38. The molecule has 0 saturated carbocycles. The lowest BCUT2D eigenvalue weighted by Crippen LogP contribution is -2.16. The van der Waals surface area contributed by atoms with E-state index in [1.165, 1.54) is 17.2 Å². The Kier molecular flexibility index (Phi) is 5.41. The Hall–Kier alpha value is -2.05. The van der Waals surface area contributed by atoms with Gasteiger partial charge in [-0.2, -0.15) is 0 Å². The number of aromatic nitrogens is 1. The lowest BCUT2D eigenvalue weighted by Gasteiger charge is -2.10. The Morgan fingerprint density at radius 2 is 2.00 bits per heavy atom. The molecule has 5 nitrogen and oxygen atoms in total. The molecule has 0 radical (unpaired) electrons. The average Bonchev–Trinajstić information content (AvgIpc) is 2.47. The number of pyridine rings is 1. The molecule has 7 heteroatoms. The van der Waals surface area contributed by atoms with Crippen LogP contribution in [0.4, 0.5) is 10.5 Å². The van der Waals surface area contributed by atoms with Gasteiger partial charge in [0.1, 0.15) is 5.15 Å². The van der Waals surface area contributed by atoms with Crippen molar-refractivity contribution in [1.82, 2.24) is 9.88 Å². The third-order valence-electron chi connectivity index (χ3n) is 2.65. The maximum atomic E-state index is 12.1. The van der Waals surface area contributed by atoms with Crippen LogP contribution in [0, 0.1) is 0 Å². The van der Waals surface area contributed by atoms with Gasteiger partial charge in [-0.1, -0.05) is 17.7 Å². The molecule has 0 saturated heterocycles. The maximum absolute atomic E-state index is 12.1. The molecule has 0 atom stereocenters. The highest BCUT2D eigenvalue weighted by Gasteiger charge is 2.10. The first-order valence-electron chi connectivity index (χ1n) is 6.38. The number of carbonyl (C=O) groups is 2. The zero-order valence-corrected chi connectivity index (χ0v) is 13.6. The van der Waals surface area contributed by atoms with E-state index in [4.69, 9.17) is 11.6 Å². The monoisotopic (exact) mass is 335 g/mol. The normalized spacial score (nSPS) is 10.1. The van der Waals surface area contributed by atoms with Gasteiger partial charge in [0, 0.05) is 36.4 Å². The fourth-order valence-electron chi connectivity index (χ4n) is 1.58. The quantitative estimate of drug-likeness (QED) is 0.685. The molecule has 22 heavy (non-hydrogen) atoms. The van der Waals surface area contributed by atoms with Gasteiger partial charge in [-0.3, -0.25) is 9.59 Å². The Bertz CT molecular complexity index is 707. The number of halogens is 1. The lowest BCUT2D eigenvalue weighted by atomic mass is 10.2. The number of nitrogens with zero attached hydrogens (tertiary/aromatic N) is 2. The van der Waals surface area contributed by atoms with Crippen molar-refractivity contribution in [1.29, 1.82) is 0 Å². The second-order valence-corrected chi connectivity index (χ2v) is 6.02. The first kappa shape index (κ1) is 16.3. The molecule has 0 aliphatic carbocycles. The van der Waals surface area contributed by atoms with E-state index in [1.807, 2.05) is 6.07 Å². The molecule has 1 aromatic carbocycles. The minimum absolute atomic E-state index is 0.0793. The second-order valence-electron chi connectivity index (χ2n) is 4.61. The summed E-state index contributed by atoms with van der Waals surface area (Å²) in [4.78, 5) is 29.9. The molecule has 1 aromatic heterocycles. The van der Waals surface area contributed by atoms with Crippen LogP contribution in [0.2, 0.25) is 5.15 Å². The number of thioether (sulfide) groups is 1. The van der Waals surface area contributed by atoms with Crippen molar-refractivity contribution in [2.75, 3.05) is 19.4 Å². The molecule has 0 fully saturated rings. The van der Waals surface area contributed by atoms with Crippen molar-refractivity contribution in [2.24, 2.45) is 0 Å². The molecule has 0 spiro atoms. The predicted octanol–water partition coefficient (Wildman–Crippen LogP) is 3.76. The number of hydrogen-bond donors (Lipinski definition) is 1. The maximum Gasteiger partial charge on any atom is 0.285 e. The molecule has 1 heterocycles. The van der Waals surface area contributed by atoms with Crippen LogP contribution in [-0.4, -0.2) is 35.1 Å². The molecule has 0 aliphatic rings. The van der Waals surface area contributed by atoms with Crippen LogP contribution < -0.4 is 5.32 Å². The summed E-state index contributed by atoms with van der Waals surface area (Å²) in [6, 6.07) is 10.2. The molecule has 2 rings (SSSR count). The van der Waals surface area contributed by atoms with Gasteiger partial charge in [0.25, 0.3) is 11.1 Å². The van der Waals surface area contributed by atoms with E-state index in [-0.39, 0.29) is 16.3 Å². The fourth-order valence-corrected chi connectivity index (χ4v) is 2.47. The SMILES string of the molecule is CN(C)C(=O)Sc1cccc(NC(=O)c2ccnc(Cl)c2)c1. The van der Waals surface area contributed by atoms with Crippen LogP contribution in [0.25, 0.3) is 0 Å². The van der Waals surface area contributed by atoms with Crippen molar-refractivity contribution in [3.05, 3.63) is 53.3 Å². The first-order chi connectivity index (χ1) is 10.5. The summed E-state index contributed by atoms with van der Waals surface area (Å²) in [5.41, 5.74) is 1.02. The standard InChI is InChI=1S/C15H14ClN3O2S/c1-19(2)15(21)22-12-5-3-4-11(9-12)18-14(20)10-6-7-17-13(16)8-10/h3-9H,1-2H3,(H,18,20). The zero-order chi connectivity index (χ0) is 16.1. The van der Waals surface area contributed by atoms with E-state index in [1.54, 1.807) is 38.4 Å². The number of amides is 2. The Labute approximate surface area is 137 Å². The topological polar surface area (TPSA) is 62.3 Å². The average molecular weight is 336 g/mol. The Balaban J connectivity index is 2.10. The summed E-state index contributed by atoms with van der Waals surface area (Å²) >= 11 is 6.86. The number of benzene rings is 1.